The van der Waals surface area contributed by atoms with Crippen LogP contribution in [-0.4, -0.2) is 11.7 Å². The van der Waals surface area contributed by atoms with Crippen LogP contribution in [0.5, 0.6) is 5.75 Å². The molecule has 5 heteroatoms. The Morgan fingerprint density at radius 3 is 2.85 bits per heavy atom. The normalized spacial score (nSPS) is 11.0. The van der Waals surface area contributed by atoms with Crippen LogP contribution in [0.4, 0.5) is 0 Å². The Bertz CT molecular complexity index is 527. The van der Waals surface area contributed by atoms with Crippen LogP contribution in [0, 0.1) is 5.92 Å². The van der Waals surface area contributed by atoms with E-state index >= 15 is 0 Å². The first-order valence-corrected chi connectivity index (χ1v) is 7.46. The molecule has 4 nitrogen and oxygen atoms in total. The van der Waals surface area contributed by atoms with Crippen LogP contribution in [0.15, 0.2) is 39.5 Å². The van der Waals surface area contributed by atoms with Gasteiger partial charge in [0.05, 0.1) is 10.7 Å². The number of nitrogens with zero attached hydrogens (tertiary/aromatic N) is 1. The average Bonchev–Trinajstić information content (AvgIpc) is 2.90. The molecule has 0 aliphatic carbocycles. The van der Waals surface area contributed by atoms with Crippen LogP contribution >= 0.6 is 15.9 Å². The summed E-state index contributed by atoms with van der Waals surface area (Å²) < 4.78 is 11.6. The minimum absolute atomic E-state index is 0.379. The number of nitrogens with one attached hydrogen (secondary N) is 1. The lowest BCUT2D eigenvalue weighted by atomic mass is 10.2. The number of hydrogen-bond donors (Lipinski definition) is 1. The van der Waals surface area contributed by atoms with Gasteiger partial charge in [-0.2, -0.15) is 0 Å². The lowest BCUT2D eigenvalue weighted by Gasteiger charge is -2.10. The molecule has 20 heavy (non-hydrogen) atoms. The van der Waals surface area contributed by atoms with Crippen molar-refractivity contribution in [2.75, 3.05) is 6.54 Å². The number of aromatic nitrogens is 1. The van der Waals surface area contributed by atoms with E-state index < -0.39 is 0 Å². The fraction of sp³-hybridized carbons (Fsp3) is 0.400. The molecule has 1 N–H and O–H groups in total. The molecule has 0 aliphatic heterocycles. The second-order valence-electron chi connectivity index (χ2n) is 5.06. The molecule has 1 aromatic heterocycles. The van der Waals surface area contributed by atoms with Crippen molar-refractivity contribution in [1.29, 1.82) is 0 Å². The van der Waals surface area contributed by atoms with Crippen LogP contribution in [0.25, 0.3) is 0 Å². The molecule has 0 aliphatic rings. The third-order valence-electron chi connectivity index (χ3n) is 2.74. The van der Waals surface area contributed by atoms with Crippen LogP contribution in [0.2, 0.25) is 0 Å². The van der Waals surface area contributed by atoms with Gasteiger partial charge in [0.15, 0.2) is 5.76 Å². The van der Waals surface area contributed by atoms with Crippen molar-refractivity contribution in [3.8, 4) is 5.75 Å². The smallest absolute Gasteiger partial charge is 0.174 e. The standard InChI is InChI=1S/C15H19BrN2O2/c1-11(2)8-17-9-12-3-4-15(14(16)7-12)19-10-13-5-6-18-20-13/h3-7,11,17H,8-10H2,1-2H3. The SMILES string of the molecule is CC(C)CNCc1ccc(OCc2ccno2)c(Br)c1. The maximum atomic E-state index is 5.68. The van der Waals surface area contributed by atoms with Crippen LogP contribution in [0.1, 0.15) is 25.2 Å². The molecule has 0 bridgehead atoms. The van der Waals surface area contributed by atoms with E-state index in [1.54, 1.807) is 12.3 Å². The largest absolute Gasteiger partial charge is 0.484 e. The zero-order valence-electron chi connectivity index (χ0n) is 11.7. The van der Waals surface area contributed by atoms with Crippen molar-refractivity contribution in [2.45, 2.75) is 27.0 Å². The van der Waals surface area contributed by atoms with Gasteiger partial charge in [-0.25, -0.2) is 0 Å². The summed E-state index contributed by atoms with van der Waals surface area (Å²) in [6.45, 7) is 6.65. The minimum atomic E-state index is 0.379. The van der Waals surface area contributed by atoms with Gasteiger partial charge in [0.1, 0.15) is 12.4 Å². The minimum Gasteiger partial charge on any atom is -0.484 e. The molecule has 0 spiro atoms. The van der Waals surface area contributed by atoms with Crippen LogP contribution in [-0.2, 0) is 13.2 Å². The summed E-state index contributed by atoms with van der Waals surface area (Å²) >= 11 is 3.53. The average molecular weight is 339 g/mol. The first-order valence-electron chi connectivity index (χ1n) is 6.66. The van der Waals surface area contributed by atoms with E-state index in [1.165, 1.54) is 5.56 Å². The lowest BCUT2D eigenvalue weighted by Crippen LogP contribution is -2.18. The summed E-state index contributed by atoms with van der Waals surface area (Å²) in [5.74, 6) is 2.16. The summed E-state index contributed by atoms with van der Waals surface area (Å²) in [5.41, 5.74) is 1.23. The van der Waals surface area contributed by atoms with E-state index in [4.69, 9.17) is 9.26 Å². The number of ether oxygens (including phenoxy) is 1. The molecule has 2 rings (SSSR count). The Hall–Kier alpha value is -1.33. The number of benzene rings is 1. The molecule has 0 fully saturated rings. The Kier molecular flexibility index (Phi) is 5.61. The summed E-state index contributed by atoms with van der Waals surface area (Å²) in [7, 11) is 0. The monoisotopic (exact) mass is 338 g/mol. The van der Waals surface area contributed by atoms with Crippen molar-refractivity contribution in [1.82, 2.24) is 10.5 Å². The maximum absolute atomic E-state index is 5.68. The fourth-order valence-corrected chi connectivity index (χ4v) is 2.28. The predicted octanol–water partition coefficient (Wildman–Crippen LogP) is 3.76. The van der Waals surface area contributed by atoms with E-state index in [0.29, 0.717) is 18.3 Å². The molecule has 2 aromatic rings. The Labute approximate surface area is 127 Å². The molecule has 0 saturated carbocycles. The van der Waals surface area contributed by atoms with E-state index in [9.17, 15) is 0 Å². The Balaban J connectivity index is 1.88. The van der Waals surface area contributed by atoms with Gasteiger partial charge in [0.2, 0.25) is 0 Å². The van der Waals surface area contributed by atoms with Crippen molar-refractivity contribution >= 4 is 15.9 Å². The number of halogens is 1. The van der Waals surface area contributed by atoms with Gasteiger partial charge in [0, 0.05) is 12.6 Å². The van der Waals surface area contributed by atoms with Crippen molar-refractivity contribution in [3.05, 3.63) is 46.3 Å². The van der Waals surface area contributed by atoms with E-state index in [0.717, 1.165) is 23.3 Å². The van der Waals surface area contributed by atoms with Crippen LogP contribution < -0.4 is 10.1 Å². The zero-order valence-corrected chi connectivity index (χ0v) is 13.3. The molecule has 0 saturated heterocycles. The van der Waals surface area contributed by atoms with Gasteiger partial charge in [0.25, 0.3) is 0 Å². The third-order valence-corrected chi connectivity index (χ3v) is 3.36. The molecular weight excluding hydrogens is 320 g/mol. The summed E-state index contributed by atoms with van der Waals surface area (Å²) in [4.78, 5) is 0. The van der Waals surface area contributed by atoms with Gasteiger partial charge in [-0.05, 0) is 46.1 Å². The quantitative estimate of drug-likeness (QED) is 0.834. The second-order valence-corrected chi connectivity index (χ2v) is 5.91. The molecular formula is C15H19BrN2O2. The topological polar surface area (TPSA) is 47.3 Å². The highest BCUT2D eigenvalue weighted by atomic mass is 79.9. The zero-order chi connectivity index (χ0) is 14.4. The summed E-state index contributed by atoms with van der Waals surface area (Å²) in [5, 5.41) is 7.06. The number of hydrogen-bond acceptors (Lipinski definition) is 4. The summed E-state index contributed by atoms with van der Waals surface area (Å²) in [6, 6.07) is 7.89. The Morgan fingerprint density at radius 2 is 2.20 bits per heavy atom. The van der Waals surface area contributed by atoms with E-state index in [-0.39, 0.29) is 0 Å². The highest BCUT2D eigenvalue weighted by Crippen LogP contribution is 2.26. The van der Waals surface area contributed by atoms with Gasteiger partial charge in [-0.3, -0.25) is 0 Å². The molecule has 1 heterocycles. The van der Waals surface area contributed by atoms with Crippen molar-refractivity contribution in [3.63, 3.8) is 0 Å². The van der Waals surface area contributed by atoms with Gasteiger partial charge < -0.3 is 14.6 Å². The number of rotatable bonds is 7. The van der Waals surface area contributed by atoms with Gasteiger partial charge in [-0.1, -0.05) is 25.1 Å². The van der Waals surface area contributed by atoms with Crippen molar-refractivity contribution < 1.29 is 9.26 Å². The van der Waals surface area contributed by atoms with Gasteiger partial charge >= 0.3 is 0 Å². The van der Waals surface area contributed by atoms with Crippen LogP contribution in [0.3, 0.4) is 0 Å². The molecule has 0 atom stereocenters. The molecule has 108 valence electrons. The lowest BCUT2D eigenvalue weighted by molar-refractivity contribution is 0.248. The fourth-order valence-electron chi connectivity index (χ4n) is 1.74. The summed E-state index contributed by atoms with van der Waals surface area (Å²) in [6.07, 6.45) is 1.61. The van der Waals surface area contributed by atoms with E-state index in [1.807, 2.05) is 6.07 Å². The van der Waals surface area contributed by atoms with Crippen molar-refractivity contribution in [2.24, 2.45) is 5.92 Å². The first-order chi connectivity index (χ1) is 9.65. The molecule has 0 radical (unpaired) electrons. The first kappa shape index (κ1) is 15.1. The third kappa shape index (κ3) is 4.65. The predicted molar refractivity (Wildman–Crippen MR) is 81.5 cm³/mol. The Morgan fingerprint density at radius 1 is 1.35 bits per heavy atom. The van der Waals surface area contributed by atoms with E-state index in [2.05, 4.69) is 52.4 Å². The molecule has 1 aromatic carbocycles. The molecule has 0 unspecified atom stereocenters. The van der Waals surface area contributed by atoms with Gasteiger partial charge in [-0.15, -0.1) is 0 Å². The maximum Gasteiger partial charge on any atom is 0.174 e. The highest BCUT2D eigenvalue weighted by Gasteiger charge is 2.05. The highest BCUT2D eigenvalue weighted by molar-refractivity contribution is 9.10. The molecule has 0 amide bonds. The second kappa shape index (κ2) is 7.45.